The van der Waals surface area contributed by atoms with E-state index in [9.17, 15) is 4.79 Å². The molecule has 72 valence electrons. The highest BCUT2D eigenvalue weighted by Gasteiger charge is 2.04. The molecule has 0 N–H and O–H groups in total. The molecule has 14 heavy (non-hydrogen) atoms. The van der Waals surface area contributed by atoms with Crippen LogP contribution in [0.5, 0.6) is 0 Å². The summed E-state index contributed by atoms with van der Waals surface area (Å²) in [5.74, 6) is 0. The van der Waals surface area contributed by atoms with Crippen molar-refractivity contribution in [3.05, 3.63) is 46.3 Å². The largest absolute Gasteiger partial charge is 0.464 e. The Bertz CT molecular complexity index is 499. The molecule has 0 unspecified atom stereocenters. The maximum atomic E-state index is 11.8. The van der Waals surface area contributed by atoms with Crippen molar-refractivity contribution >= 4 is 11.0 Å². The quantitative estimate of drug-likeness (QED) is 0.726. The SMILES string of the molecule is COCc1coc2ccccc2c1=O. The van der Waals surface area contributed by atoms with Crippen molar-refractivity contribution in [2.24, 2.45) is 0 Å². The minimum absolute atomic E-state index is 0.0197. The maximum Gasteiger partial charge on any atom is 0.198 e. The van der Waals surface area contributed by atoms with Crippen LogP contribution in [-0.4, -0.2) is 7.11 Å². The first kappa shape index (κ1) is 8.97. The molecule has 0 bridgehead atoms. The van der Waals surface area contributed by atoms with Crippen LogP contribution in [0.4, 0.5) is 0 Å². The van der Waals surface area contributed by atoms with Gasteiger partial charge in [-0.15, -0.1) is 0 Å². The van der Waals surface area contributed by atoms with E-state index in [1.165, 1.54) is 6.26 Å². The number of rotatable bonds is 2. The first-order valence-corrected chi connectivity index (χ1v) is 4.31. The highest BCUT2D eigenvalue weighted by Crippen LogP contribution is 2.10. The van der Waals surface area contributed by atoms with Crippen molar-refractivity contribution in [2.45, 2.75) is 6.61 Å². The topological polar surface area (TPSA) is 39.4 Å². The molecule has 0 aliphatic heterocycles. The lowest BCUT2D eigenvalue weighted by Gasteiger charge is -2.00. The summed E-state index contributed by atoms with van der Waals surface area (Å²) in [7, 11) is 1.55. The van der Waals surface area contributed by atoms with Crippen LogP contribution >= 0.6 is 0 Å². The van der Waals surface area contributed by atoms with E-state index in [1.54, 1.807) is 19.2 Å². The van der Waals surface area contributed by atoms with Gasteiger partial charge >= 0.3 is 0 Å². The minimum atomic E-state index is -0.0197. The van der Waals surface area contributed by atoms with Crippen LogP contribution < -0.4 is 5.43 Å². The maximum absolute atomic E-state index is 11.8. The number of benzene rings is 1. The lowest BCUT2D eigenvalue weighted by atomic mass is 10.2. The van der Waals surface area contributed by atoms with Crippen LogP contribution in [0, 0.1) is 0 Å². The standard InChI is InChI=1S/C11H10O3/c1-13-6-8-7-14-10-5-3-2-4-9(10)11(8)12/h2-5,7H,6H2,1H3. The van der Waals surface area contributed by atoms with E-state index in [-0.39, 0.29) is 12.0 Å². The molecule has 1 heterocycles. The van der Waals surface area contributed by atoms with Gasteiger partial charge < -0.3 is 9.15 Å². The second-order valence-electron chi connectivity index (χ2n) is 3.02. The van der Waals surface area contributed by atoms with E-state index >= 15 is 0 Å². The zero-order valence-corrected chi connectivity index (χ0v) is 7.82. The molecule has 3 heteroatoms. The average molecular weight is 190 g/mol. The molecule has 0 saturated carbocycles. The summed E-state index contributed by atoms with van der Waals surface area (Å²) in [4.78, 5) is 11.8. The van der Waals surface area contributed by atoms with Crippen molar-refractivity contribution in [3.63, 3.8) is 0 Å². The number of hydrogen-bond donors (Lipinski definition) is 0. The van der Waals surface area contributed by atoms with Crippen LogP contribution in [0.15, 0.2) is 39.7 Å². The molecule has 2 rings (SSSR count). The van der Waals surface area contributed by atoms with Gasteiger partial charge in [-0.05, 0) is 12.1 Å². The van der Waals surface area contributed by atoms with Gasteiger partial charge in [-0.1, -0.05) is 12.1 Å². The van der Waals surface area contributed by atoms with Gasteiger partial charge in [0.2, 0.25) is 0 Å². The first-order chi connectivity index (χ1) is 6.83. The normalized spacial score (nSPS) is 10.6. The number of ether oxygens (including phenoxy) is 1. The molecule has 0 aliphatic carbocycles. The van der Waals surface area contributed by atoms with E-state index in [2.05, 4.69) is 0 Å². The fourth-order valence-electron chi connectivity index (χ4n) is 1.37. The third-order valence-corrected chi connectivity index (χ3v) is 2.05. The molecule has 0 saturated heterocycles. The molecule has 0 atom stereocenters. The van der Waals surface area contributed by atoms with Gasteiger partial charge in [0.25, 0.3) is 0 Å². The van der Waals surface area contributed by atoms with Crippen molar-refractivity contribution in [2.75, 3.05) is 7.11 Å². The zero-order chi connectivity index (χ0) is 9.97. The Balaban J connectivity index is 2.69. The molecular weight excluding hydrogens is 180 g/mol. The Hall–Kier alpha value is -1.61. The van der Waals surface area contributed by atoms with Crippen molar-refractivity contribution in [3.8, 4) is 0 Å². The van der Waals surface area contributed by atoms with Crippen molar-refractivity contribution < 1.29 is 9.15 Å². The summed E-state index contributed by atoms with van der Waals surface area (Å²) in [5.41, 5.74) is 1.14. The zero-order valence-electron chi connectivity index (χ0n) is 7.82. The summed E-state index contributed by atoms with van der Waals surface area (Å²) < 4.78 is 10.2. The second-order valence-corrected chi connectivity index (χ2v) is 3.02. The van der Waals surface area contributed by atoms with E-state index < -0.39 is 0 Å². The lowest BCUT2D eigenvalue weighted by Crippen LogP contribution is -2.09. The number of para-hydroxylation sites is 1. The summed E-state index contributed by atoms with van der Waals surface area (Å²) in [6.07, 6.45) is 1.45. The Morgan fingerprint density at radius 1 is 1.36 bits per heavy atom. The van der Waals surface area contributed by atoms with Gasteiger partial charge in [0, 0.05) is 7.11 Å². The van der Waals surface area contributed by atoms with E-state index in [1.807, 2.05) is 12.1 Å². The van der Waals surface area contributed by atoms with E-state index in [0.717, 1.165) is 0 Å². The molecule has 0 radical (unpaired) electrons. The van der Waals surface area contributed by atoms with Crippen LogP contribution in [0.1, 0.15) is 5.56 Å². The summed E-state index contributed by atoms with van der Waals surface area (Å²) in [6, 6.07) is 7.17. The number of fused-ring (bicyclic) bond motifs is 1. The van der Waals surface area contributed by atoms with Gasteiger partial charge in [0.1, 0.15) is 11.8 Å². The smallest absolute Gasteiger partial charge is 0.198 e. The van der Waals surface area contributed by atoms with Gasteiger partial charge in [0.05, 0.1) is 17.6 Å². The van der Waals surface area contributed by atoms with Crippen LogP contribution in [0.3, 0.4) is 0 Å². The average Bonchev–Trinajstić information content (AvgIpc) is 2.23. The number of methoxy groups -OCH3 is 1. The Kier molecular flexibility index (Phi) is 2.33. The molecule has 0 fully saturated rings. The Morgan fingerprint density at radius 2 is 2.14 bits per heavy atom. The van der Waals surface area contributed by atoms with E-state index in [0.29, 0.717) is 16.5 Å². The van der Waals surface area contributed by atoms with Crippen molar-refractivity contribution in [1.29, 1.82) is 0 Å². The van der Waals surface area contributed by atoms with Crippen LogP contribution in [0.2, 0.25) is 0 Å². The third-order valence-electron chi connectivity index (χ3n) is 2.05. The Labute approximate surface area is 80.9 Å². The molecule has 2 aromatic rings. The number of hydrogen-bond acceptors (Lipinski definition) is 3. The Morgan fingerprint density at radius 3 is 2.93 bits per heavy atom. The fraction of sp³-hybridized carbons (Fsp3) is 0.182. The molecule has 1 aromatic carbocycles. The lowest BCUT2D eigenvalue weighted by molar-refractivity contribution is 0.182. The molecular formula is C11H10O3. The highest BCUT2D eigenvalue weighted by molar-refractivity contribution is 5.76. The fourth-order valence-corrected chi connectivity index (χ4v) is 1.37. The summed E-state index contributed by atoms with van der Waals surface area (Å²) in [6.45, 7) is 0.285. The van der Waals surface area contributed by atoms with E-state index in [4.69, 9.17) is 9.15 Å². The second kappa shape index (κ2) is 3.64. The molecule has 1 aromatic heterocycles. The molecule has 3 nitrogen and oxygen atoms in total. The highest BCUT2D eigenvalue weighted by atomic mass is 16.5. The van der Waals surface area contributed by atoms with Crippen LogP contribution in [-0.2, 0) is 11.3 Å². The molecule has 0 aliphatic rings. The molecule has 0 amide bonds. The first-order valence-electron chi connectivity index (χ1n) is 4.31. The summed E-state index contributed by atoms with van der Waals surface area (Å²) in [5, 5.41) is 0.599. The predicted molar refractivity (Wildman–Crippen MR) is 53.2 cm³/mol. The third kappa shape index (κ3) is 1.42. The van der Waals surface area contributed by atoms with Gasteiger partial charge in [-0.2, -0.15) is 0 Å². The van der Waals surface area contributed by atoms with Crippen molar-refractivity contribution in [1.82, 2.24) is 0 Å². The summed E-state index contributed by atoms with van der Waals surface area (Å²) >= 11 is 0. The molecule has 0 spiro atoms. The van der Waals surface area contributed by atoms with Gasteiger partial charge in [0.15, 0.2) is 5.43 Å². The predicted octanol–water partition coefficient (Wildman–Crippen LogP) is 1.94. The monoisotopic (exact) mass is 190 g/mol. The van der Waals surface area contributed by atoms with Gasteiger partial charge in [-0.25, -0.2) is 0 Å². The minimum Gasteiger partial charge on any atom is -0.464 e. The van der Waals surface area contributed by atoms with Gasteiger partial charge in [-0.3, -0.25) is 4.79 Å². The van der Waals surface area contributed by atoms with Crippen LogP contribution in [0.25, 0.3) is 11.0 Å².